The minimum Gasteiger partial charge on any atom is -0.294 e. The molecule has 1 aliphatic rings. The number of aromatic amines is 1. The first kappa shape index (κ1) is 15.7. The molecule has 1 heterocycles. The highest BCUT2D eigenvalue weighted by molar-refractivity contribution is 5.97. The zero-order valence-corrected chi connectivity index (χ0v) is 13.3. The van der Waals surface area contributed by atoms with Crippen molar-refractivity contribution in [2.24, 2.45) is 5.92 Å². The molecule has 1 N–H and O–H groups in total. The standard InChI is InChI=1S/C19H22N2O2/c22-18(15-9-5-2-6-10-15)13-17-12-16(19(23)21-20-17)11-14-7-3-1-4-8-14/h2,5-6,9-10,12,14H,1,3-4,7-8,11,13H2,(H,21,23). The van der Waals surface area contributed by atoms with Crippen LogP contribution in [0.5, 0.6) is 0 Å². The van der Waals surface area contributed by atoms with Crippen molar-refractivity contribution in [3.63, 3.8) is 0 Å². The van der Waals surface area contributed by atoms with Crippen LogP contribution < -0.4 is 5.56 Å². The molecule has 0 spiro atoms. The Morgan fingerprint density at radius 2 is 1.87 bits per heavy atom. The van der Waals surface area contributed by atoms with Crippen molar-refractivity contribution in [1.29, 1.82) is 0 Å². The van der Waals surface area contributed by atoms with E-state index in [4.69, 9.17) is 0 Å². The number of rotatable bonds is 5. The second-order valence-corrected chi connectivity index (χ2v) is 6.39. The largest absolute Gasteiger partial charge is 0.294 e. The molecule has 0 unspecified atom stereocenters. The normalized spacial score (nSPS) is 15.5. The summed E-state index contributed by atoms with van der Waals surface area (Å²) in [6.07, 6.45) is 7.23. The lowest BCUT2D eigenvalue weighted by molar-refractivity contribution is 0.0991. The Morgan fingerprint density at radius 3 is 2.61 bits per heavy atom. The fraction of sp³-hybridized carbons (Fsp3) is 0.421. The molecule has 0 aliphatic heterocycles. The average molecular weight is 310 g/mol. The third-order valence-electron chi connectivity index (χ3n) is 4.60. The first-order chi connectivity index (χ1) is 11.2. The Balaban J connectivity index is 1.72. The molecule has 23 heavy (non-hydrogen) atoms. The smallest absolute Gasteiger partial charge is 0.267 e. The summed E-state index contributed by atoms with van der Waals surface area (Å²) in [6, 6.07) is 11.0. The second-order valence-electron chi connectivity index (χ2n) is 6.39. The number of Topliss-reactive ketones (excluding diaryl/α,β-unsaturated/α-hetero) is 1. The maximum atomic E-state index is 12.3. The second kappa shape index (κ2) is 7.36. The molecule has 1 saturated carbocycles. The van der Waals surface area contributed by atoms with E-state index in [0.717, 1.165) is 12.0 Å². The topological polar surface area (TPSA) is 62.8 Å². The van der Waals surface area contributed by atoms with Gasteiger partial charge >= 0.3 is 0 Å². The molecule has 0 bridgehead atoms. The fourth-order valence-corrected chi connectivity index (χ4v) is 3.33. The predicted molar refractivity (Wildman–Crippen MR) is 89.6 cm³/mol. The van der Waals surface area contributed by atoms with Crippen LogP contribution >= 0.6 is 0 Å². The van der Waals surface area contributed by atoms with E-state index in [1.54, 1.807) is 12.1 Å². The molecule has 0 atom stereocenters. The molecule has 120 valence electrons. The zero-order chi connectivity index (χ0) is 16.1. The van der Waals surface area contributed by atoms with E-state index >= 15 is 0 Å². The summed E-state index contributed by atoms with van der Waals surface area (Å²) in [6.45, 7) is 0. The molecule has 0 radical (unpaired) electrons. The van der Waals surface area contributed by atoms with Crippen LogP contribution in [0.15, 0.2) is 41.2 Å². The summed E-state index contributed by atoms with van der Waals surface area (Å²) >= 11 is 0. The lowest BCUT2D eigenvalue weighted by atomic mass is 9.85. The van der Waals surface area contributed by atoms with E-state index in [9.17, 15) is 9.59 Å². The summed E-state index contributed by atoms with van der Waals surface area (Å²) in [7, 11) is 0. The van der Waals surface area contributed by atoms with E-state index in [2.05, 4.69) is 10.2 Å². The van der Waals surface area contributed by atoms with Gasteiger partial charge in [-0.15, -0.1) is 0 Å². The first-order valence-corrected chi connectivity index (χ1v) is 8.38. The fourth-order valence-electron chi connectivity index (χ4n) is 3.33. The molecule has 2 aromatic rings. The number of carbonyl (C=O) groups excluding carboxylic acids is 1. The van der Waals surface area contributed by atoms with Gasteiger partial charge in [0.15, 0.2) is 5.78 Å². The number of nitrogens with one attached hydrogen (secondary N) is 1. The minimum atomic E-state index is -0.119. The minimum absolute atomic E-state index is 0.0220. The SMILES string of the molecule is O=C(Cc1cc(CC2CCCCC2)c(=O)[nH]n1)c1ccccc1. The predicted octanol–water partition coefficient (Wildman–Crippen LogP) is 3.32. The van der Waals surface area contributed by atoms with Crippen LogP contribution in [0.2, 0.25) is 0 Å². The van der Waals surface area contributed by atoms with Gasteiger partial charge < -0.3 is 0 Å². The Bertz CT molecular complexity index is 716. The summed E-state index contributed by atoms with van der Waals surface area (Å²) in [5.41, 5.74) is 1.97. The van der Waals surface area contributed by atoms with Gasteiger partial charge in [-0.1, -0.05) is 62.4 Å². The maximum absolute atomic E-state index is 12.3. The van der Waals surface area contributed by atoms with E-state index in [-0.39, 0.29) is 17.8 Å². The number of nitrogens with zero attached hydrogens (tertiary/aromatic N) is 1. The van der Waals surface area contributed by atoms with Gasteiger partial charge in [0.2, 0.25) is 0 Å². The number of H-pyrrole nitrogens is 1. The molecule has 0 saturated heterocycles. The van der Waals surface area contributed by atoms with Crippen molar-refractivity contribution in [2.45, 2.75) is 44.9 Å². The molecule has 1 fully saturated rings. The lowest BCUT2D eigenvalue weighted by Crippen LogP contribution is -2.20. The van der Waals surface area contributed by atoms with Crippen LogP contribution in [-0.4, -0.2) is 16.0 Å². The zero-order valence-electron chi connectivity index (χ0n) is 13.3. The van der Waals surface area contributed by atoms with E-state index in [1.165, 1.54) is 32.1 Å². The highest BCUT2D eigenvalue weighted by Gasteiger charge is 2.17. The highest BCUT2D eigenvalue weighted by Crippen LogP contribution is 2.26. The number of benzene rings is 1. The lowest BCUT2D eigenvalue weighted by Gasteiger charge is -2.21. The van der Waals surface area contributed by atoms with Gasteiger partial charge in [-0.2, -0.15) is 5.10 Å². The Morgan fingerprint density at radius 1 is 1.13 bits per heavy atom. The average Bonchev–Trinajstić information content (AvgIpc) is 2.59. The van der Waals surface area contributed by atoms with Gasteiger partial charge in [-0.25, -0.2) is 5.10 Å². The van der Waals surface area contributed by atoms with Crippen LogP contribution in [0.25, 0.3) is 0 Å². The van der Waals surface area contributed by atoms with Gasteiger partial charge in [-0.05, 0) is 18.4 Å². The van der Waals surface area contributed by atoms with E-state index in [1.807, 2.05) is 24.3 Å². The first-order valence-electron chi connectivity index (χ1n) is 8.38. The Kier molecular flexibility index (Phi) is 5.01. The number of carbonyl (C=O) groups is 1. The number of aromatic nitrogens is 2. The van der Waals surface area contributed by atoms with E-state index < -0.39 is 0 Å². The number of hydrogen-bond acceptors (Lipinski definition) is 3. The maximum Gasteiger partial charge on any atom is 0.267 e. The van der Waals surface area contributed by atoms with Crippen molar-refractivity contribution in [1.82, 2.24) is 10.2 Å². The summed E-state index contributed by atoms with van der Waals surface area (Å²) in [5.74, 6) is 0.610. The van der Waals surface area contributed by atoms with Crippen LogP contribution in [-0.2, 0) is 12.8 Å². The van der Waals surface area contributed by atoms with E-state index in [0.29, 0.717) is 17.2 Å². The van der Waals surface area contributed by atoms with Crippen LogP contribution in [0.1, 0.15) is 53.7 Å². The molecule has 3 rings (SSSR count). The van der Waals surface area contributed by atoms with Crippen molar-refractivity contribution < 1.29 is 4.79 Å². The van der Waals surface area contributed by atoms with Crippen molar-refractivity contribution in [3.8, 4) is 0 Å². The van der Waals surface area contributed by atoms with Gasteiger partial charge in [0.25, 0.3) is 5.56 Å². The third kappa shape index (κ3) is 4.15. The molecule has 1 aromatic carbocycles. The highest BCUT2D eigenvalue weighted by atomic mass is 16.1. The van der Waals surface area contributed by atoms with Crippen molar-refractivity contribution in [3.05, 3.63) is 63.6 Å². The summed E-state index contributed by atoms with van der Waals surface area (Å²) in [5, 5.41) is 6.60. The molecular weight excluding hydrogens is 288 g/mol. The van der Waals surface area contributed by atoms with Gasteiger partial charge in [0.1, 0.15) is 0 Å². The molecule has 4 heteroatoms. The third-order valence-corrected chi connectivity index (χ3v) is 4.60. The number of hydrogen-bond donors (Lipinski definition) is 1. The summed E-state index contributed by atoms with van der Waals surface area (Å²) in [4.78, 5) is 24.3. The van der Waals surface area contributed by atoms with Crippen molar-refractivity contribution >= 4 is 5.78 Å². The van der Waals surface area contributed by atoms with Crippen LogP contribution in [0.3, 0.4) is 0 Å². The van der Waals surface area contributed by atoms with Gasteiger partial charge in [0, 0.05) is 11.1 Å². The van der Waals surface area contributed by atoms with Crippen LogP contribution in [0.4, 0.5) is 0 Å². The Hall–Kier alpha value is -2.23. The molecule has 4 nitrogen and oxygen atoms in total. The van der Waals surface area contributed by atoms with Gasteiger partial charge in [-0.3, -0.25) is 9.59 Å². The molecule has 1 aromatic heterocycles. The van der Waals surface area contributed by atoms with Crippen LogP contribution in [0, 0.1) is 5.92 Å². The van der Waals surface area contributed by atoms with Gasteiger partial charge in [0.05, 0.1) is 12.1 Å². The summed E-state index contributed by atoms with van der Waals surface area (Å²) < 4.78 is 0. The molecule has 0 amide bonds. The number of ketones is 1. The Labute approximate surface area is 135 Å². The monoisotopic (exact) mass is 310 g/mol. The van der Waals surface area contributed by atoms with Crippen molar-refractivity contribution in [2.75, 3.05) is 0 Å². The molecule has 1 aliphatic carbocycles. The molecular formula is C19H22N2O2. The quantitative estimate of drug-likeness (QED) is 0.862.